The second kappa shape index (κ2) is 6.64. The fourth-order valence-corrected chi connectivity index (χ4v) is 2.57. The molecule has 25 heavy (non-hydrogen) atoms. The standard InChI is InChI=1S/C18H17N3O4/c1-12-16(18(23)24)9-19-21(12)15-5-3-14(4-6-15)17(22)20(2)10-13-7-8-25-11-13/h3-9,11H,10H2,1-2H3,(H,23,24). The number of hydrogen-bond acceptors (Lipinski definition) is 4. The van der Waals surface area contributed by atoms with E-state index in [1.807, 2.05) is 6.07 Å². The lowest BCUT2D eigenvalue weighted by atomic mass is 10.1. The van der Waals surface area contributed by atoms with Crippen molar-refractivity contribution in [2.75, 3.05) is 7.05 Å². The molecule has 1 aromatic carbocycles. The van der Waals surface area contributed by atoms with E-state index in [1.54, 1.807) is 55.7 Å². The smallest absolute Gasteiger partial charge is 0.339 e. The number of nitrogens with zero attached hydrogens (tertiary/aromatic N) is 3. The van der Waals surface area contributed by atoms with Crippen LogP contribution in [0.2, 0.25) is 0 Å². The lowest BCUT2D eigenvalue weighted by Crippen LogP contribution is -2.25. The molecule has 0 bridgehead atoms. The van der Waals surface area contributed by atoms with E-state index in [-0.39, 0.29) is 11.5 Å². The fourth-order valence-electron chi connectivity index (χ4n) is 2.57. The van der Waals surface area contributed by atoms with E-state index in [0.29, 0.717) is 23.5 Å². The van der Waals surface area contributed by atoms with Crippen LogP contribution in [-0.2, 0) is 6.54 Å². The molecule has 0 unspecified atom stereocenters. The minimum absolute atomic E-state index is 0.115. The lowest BCUT2D eigenvalue weighted by Gasteiger charge is -2.16. The largest absolute Gasteiger partial charge is 0.478 e. The topological polar surface area (TPSA) is 88.6 Å². The molecule has 0 aliphatic heterocycles. The summed E-state index contributed by atoms with van der Waals surface area (Å²) in [4.78, 5) is 25.2. The Morgan fingerprint density at radius 1 is 1.24 bits per heavy atom. The van der Waals surface area contributed by atoms with E-state index in [0.717, 1.165) is 5.56 Å². The number of hydrogen-bond donors (Lipinski definition) is 1. The Hall–Kier alpha value is -3.35. The van der Waals surface area contributed by atoms with Crippen molar-refractivity contribution in [2.45, 2.75) is 13.5 Å². The molecule has 0 saturated carbocycles. The Morgan fingerprint density at radius 2 is 1.96 bits per heavy atom. The molecule has 7 nitrogen and oxygen atoms in total. The van der Waals surface area contributed by atoms with Gasteiger partial charge in [-0.25, -0.2) is 9.48 Å². The summed E-state index contributed by atoms with van der Waals surface area (Å²) in [5.41, 5.74) is 2.83. The van der Waals surface area contributed by atoms with E-state index in [9.17, 15) is 9.59 Å². The first kappa shape index (κ1) is 16.5. The Bertz CT molecular complexity index is 895. The van der Waals surface area contributed by atoms with E-state index in [1.165, 1.54) is 10.9 Å². The van der Waals surface area contributed by atoms with Crippen molar-refractivity contribution in [3.05, 3.63) is 71.4 Å². The third-order valence-corrected chi connectivity index (χ3v) is 3.95. The molecule has 1 N–H and O–H groups in total. The van der Waals surface area contributed by atoms with Crippen LogP contribution in [0.3, 0.4) is 0 Å². The molecule has 3 aromatic rings. The first-order chi connectivity index (χ1) is 12.0. The molecular formula is C18H17N3O4. The second-order valence-corrected chi connectivity index (χ2v) is 5.70. The Balaban J connectivity index is 1.78. The molecule has 128 valence electrons. The van der Waals surface area contributed by atoms with Gasteiger partial charge in [0, 0.05) is 24.7 Å². The number of carboxylic acid groups (broad SMARTS) is 1. The van der Waals surface area contributed by atoms with Gasteiger partial charge in [-0.3, -0.25) is 4.79 Å². The molecule has 7 heteroatoms. The second-order valence-electron chi connectivity index (χ2n) is 5.70. The molecule has 0 aliphatic carbocycles. The van der Waals surface area contributed by atoms with Crippen LogP contribution in [0.1, 0.15) is 32.0 Å². The zero-order valence-corrected chi connectivity index (χ0v) is 13.8. The molecule has 0 fully saturated rings. The quantitative estimate of drug-likeness (QED) is 0.772. The highest BCUT2D eigenvalue weighted by atomic mass is 16.4. The highest BCUT2D eigenvalue weighted by Gasteiger charge is 2.15. The molecule has 0 saturated heterocycles. The number of carboxylic acids is 1. The van der Waals surface area contributed by atoms with Crippen molar-refractivity contribution in [3.63, 3.8) is 0 Å². The fraction of sp³-hybridized carbons (Fsp3) is 0.167. The van der Waals surface area contributed by atoms with Gasteiger partial charge in [0.05, 0.1) is 30.1 Å². The summed E-state index contributed by atoms with van der Waals surface area (Å²) in [5, 5.41) is 13.2. The predicted octanol–water partition coefficient (Wildman–Crippen LogP) is 2.74. The van der Waals surface area contributed by atoms with Gasteiger partial charge in [0.2, 0.25) is 0 Å². The molecule has 3 rings (SSSR count). The van der Waals surface area contributed by atoms with Crippen LogP contribution >= 0.6 is 0 Å². The number of carbonyl (C=O) groups is 2. The van der Waals surface area contributed by atoms with Crippen LogP contribution in [0.25, 0.3) is 5.69 Å². The average molecular weight is 339 g/mol. The average Bonchev–Trinajstić information content (AvgIpc) is 3.24. The minimum atomic E-state index is -1.02. The van der Waals surface area contributed by atoms with Gasteiger partial charge in [-0.05, 0) is 37.3 Å². The van der Waals surface area contributed by atoms with Gasteiger partial charge in [0.15, 0.2) is 0 Å². The van der Waals surface area contributed by atoms with Gasteiger partial charge in [-0.1, -0.05) is 0 Å². The molecule has 2 heterocycles. The maximum atomic E-state index is 12.5. The zero-order chi connectivity index (χ0) is 18.0. The third-order valence-electron chi connectivity index (χ3n) is 3.95. The number of amides is 1. The van der Waals surface area contributed by atoms with Crippen molar-refractivity contribution >= 4 is 11.9 Å². The summed E-state index contributed by atoms with van der Waals surface area (Å²) in [6.45, 7) is 2.14. The van der Waals surface area contributed by atoms with Gasteiger partial charge in [-0.2, -0.15) is 5.10 Å². The van der Waals surface area contributed by atoms with E-state index in [4.69, 9.17) is 9.52 Å². The lowest BCUT2D eigenvalue weighted by molar-refractivity contribution is 0.0695. The van der Waals surface area contributed by atoms with Crippen molar-refractivity contribution < 1.29 is 19.1 Å². The number of carbonyl (C=O) groups excluding carboxylic acids is 1. The van der Waals surface area contributed by atoms with Crippen LogP contribution in [-0.4, -0.2) is 38.7 Å². The summed E-state index contributed by atoms with van der Waals surface area (Å²) in [6, 6.07) is 8.69. The molecule has 0 radical (unpaired) electrons. The highest BCUT2D eigenvalue weighted by molar-refractivity contribution is 5.94. The first-order valence-corrected chi connectivity index (χ1v) is 7.62. The molecule has 0 aliphatic rings. The summed E-state index contributed by atoms with van der Waals surface area (Å²) < 4.78 is 6.54. The van der Waals surface area contributed by atoms with Crippen molar-refractivity contribution in [2.24, 2.45) is 0 Å². The van der Waals surface area contributed by atoms with Crippen LogP contribution < -0.4 is 0 Å². The van der Waals surface area contributed by atoms with Gasteiger partial charge >= 0.3 is 5.97 Å². The molecular weight excluding hydrogens is 322 g/mol. The summed E-state index contributed by atoms with van der Waals surface area (Å²) in [5.74, 6) is -1.13. The zero-order valence-electron chi connectivity index (χ0n) is 13.8. The van der Waals surface area contributed by atoms with Gasteiger partial charge < -0.3 is 14.4 Å². The van der Waals surface area contributed by atoms with Crippen LogP contribution in [0.4, 0.5) is 0 Å². The highest BCUT2D eigenvalue weighted by Crippen LogP contribution is 2.16. The maximum absolute atomic E-state index is 12.5. The molecule has 1 amide bonds. The predicted molar refractivity (Wildman–Crippen MR) is 89.8 cm³/mol. The molecule has 0 atom stereocenters. The number of aromatic carboxylic acids is 1. The van der Waals surface area contributed by atoms with Crippen LogP contribution in [0.15, 0.2) is 53.5 Å². The summed E-state index contributed by atoms with van der Waals surface area (Å²) in [6.07, 6.45) is 4.49. The third kappa shape index (κ3) is 3.30. The molecule has 2 aromatic heterocycles. The van der Waals surface area contributed by atoms with Gasteiger partial charge in [-0.15, -0.1) is 0 Å². The van der Waals surface area contributed by atoms with Crippen LogP contribution in [0, 0.1) is 6.92 Å². The van der Waals surface area contributed by atoms with Gasteiger partial charge in [0.1, 0.15) is 5.56 Å². The Labute approximate surface area is 144 Å². The monoisotopic (exact) mass is 339 g/mol. The number of aromatic nitrogens is 2. The van der Waals surface area contributed by atoms with Crippen molar-refractivity contribution in [1.29, 1.82) is 0 Å². The van der Waals surface area contributed by atoms with Gasteiger partial charge in [0.25, 0.3) is 5.91 Å². The van der Waals surface area contributed by atoms with E-state index < -0.39 is 5.97 Å². The number of furan rings is 1. The normalized spacial score (nSPS) is 10.6. The number of benzene rings is 1. The van der Waals surface area contributed by atoms with E-state index >= 15 is 0 Å². The summed E-state index contributed by atoms with van der Waals surface area (Å²) in [7, 11) is 1.72. The Kier molecular flexibility index (Phi) is 4.38. The molecule has 0 spiro atoms. The minimum Gasteiger partial charge on any atom is -0.478 e. The maximum Gasteiger partial charge on any atom is 0.339 e. The van der Waals surface area contributed by atoms with E-state index in [2.05, 4.69) is 5.10 Å². The van der Waals surface area contributed by atoms with Crippen LogP contribution in [0.5, 0.6) is 0 Å². The first-order valence-electron chi connectivity index (χ1n) is 7.62. The summed E-state index contributed by atoms with van der Waals surface area (Å²) >= 11 is 0. The number of rotatable bonds is 5. The SMILES string of the molecule is Cc1c(C(=O)O)cnn1-c1ccc(C(=O)N(C)Cc2ccoc2)cc1. The van der Waals surface area contributed by atoms with Crippen molar-refractivity contribution in [1.82, 2.24) is 14.7 Å². The van der Waals surface area contributed by atoms with Crippen molar-refractivity contribution in [3.8, 4) is 5.69 Å². The Morgan fingerprint density at radius 3 is 2.52 bits per heavy atom.